The molecule has 1 atom stereocenters. The summed E-state index contributed by atoms with van der Waals surface area (Å²) < 4.78 is 0. The SMILES string of the molecule is CC(C)CNCC(C)(C)C1CCCNC1. The van der Waals surface area contributed by atoms with Gasteiger partial charge in [0.1, 0.15) is 0 Å². The van der Waals surface area contributed by atoms with Crippen LogP contribution in [0.4, 0.5) is 0 Å². The molecule has 0 bridgehead atoms. The molecule has 0 aromatic heterocycles. The van der Waals surface area contributed by atoms with Crippen LogP contribution < -0.4 is 10.6 Å². The minimum Gasteiger partial charge on any atom is -0.316 e. The minimum atomic E-state index is 0.433. The van der Waals surface area contributed by atoms with Gasteiger partial charge in [-0.3, -0.25) is 0 Å². The lowest BCUT2D eigenvalue weighted by atomic mass is 9.75. The van der Waals surface area contributed by atoms with Gasteiger partial charge in [-0.2, -0.15) is 0 Å². The number of nitrogens with one attached hydrogen (secondary N) is 2. The monoisotopic (exact) mass is 212 g/mol. The van der Waals surface area contributed by atoms with Gasteiger partial charge in [0.25, 0.3) is 0 Å². The third-order valence-corrected chi connectivity index (χ3v) is 3.54. The number of hydrogen-bond acceptors (Lipinski definition) is 2. The van der Waals surface area contributed by atoms with E-state index in [1.54, 1.807) is 0 Å². The molecule has 0 aromatic carbocycles. The van der Waals surface area contributed by atoms with Gasteiger partial charge in [-0.25, -0.2) is 0 Å². The number of rotatable bonds is 5. The summed E-state index contributed by atoms with van der Waals surface area (Å²) in [6.07, 6.45) is 2.74. The van der Waals surface area contributed by atoms with E-state index in [2.05, 4.69) is 38.3 Å². The molecule has 2 nitrogen and oxygen atoms in total. The smallest absolute Gasteiger partial charge is 0.000576 e. The van der Waals surface area contributed by atoms with Crippen LogP contribution >= 0.6 is 0 Å². The summed E-state index contributed by atoms with van der Waals surface area (Å²) >= 11 is 0. The normalized spacial score (nSPS) is 23.4. The van der Waals surface area contributed by atoms with Gasteiger partial charge in [-0.05, 0) is 49.7 Å². The van der Waals surface area contributed by atoms with Crippen molar-refractivity contribution in [2.45, 2.75) is 40.5 Å². The molecule has 0 aliphatic carbocycles. The molecule has 0 saturated carbocycles. The fourth-order valence-corrected chi connectivity index (χ4v) is 2.35. The molecule has 0 aromatic rings. The van der Waals surface area contributed by atoms with Crippen LogP contribution in [-0.4, -0.2) is 26.2 Å². The van der Waals surface area contributed by atoms with Crippen LogP contribution in [0.25, 0.3) is 0 Å². The Morgan fingerprint density at radius 3 is 2.67 bits per heavy atom. The second kappa shape index (κ2) is 5.86. The summed E-state index contributed by atoms with van der Waals surface area (Å²) in [4.78, 5) is 0. The molecule has 1 fully saturated rings. The Kier molecular flexibility index (Phi) is 5.07. The van der Waals surface area contributed by atoms with Crippen molar-refractivity contribution in [3.05, 3.63) is 0 Å². The highest BCUT2D eigenvalue weighted by Crippen LogP contribution is 2.30. The van der Waals surface area contributed by atoms with Gasteiger partial charge in [0.05, 0.1) is 0 Å². The molecular formula is C13H28N2. The Morgan fingerprint density at radius 1 is 1.40 bits per heavy atom. The maximum atomic E-state index is 3.59. The molecule has 15 heavy (non-hydrogen) atoms. The van der Waals surface area contributed by atoms with Crippen molar-refractivity contribution in [2.75, 3.05) is 26.2 Å². The molecule has 90 valence electrons. The highest BCUT2D eigenvalue weighted by Gasteiger charge is 2.29. The first-order valence-corrected chi connectivity index (χ1v) is 6.44. The van der Waals surface area contributed by atoms with E-state index in [9.17, 15) is 0 Å². The topological polar surface area (TPSA) is 24.1 Å². The molecule has 0 amide bonds. The van der Waals surface area contributed by atoms with E-state index < -0.39 is 0 Å². The highest BCUT2D eigenvalue weighted by molar-refractivity contribution is 4.84. The van der Waals surface area contributed by atoms with Crippen molar-refractivity contribution in [3.63, 3.8) is 0 Å². The number of hydrogen-bond donors (Lipinski definition) is 2. The van der Waals surface area contributed by atoms with Gasteiger partial charge in [0.2, 0.25) is 0 Å². The van der Waals surface area contributed by atoms with E-state index in [0.717, 1.165) is 24.9 Å². The zero-order chi connectivity index (χ0) is 11.3. The average molecular weight is 212 g/mol. The van der Waals surface area contributed by atoms with E-state index >= 15 is 0 Å². The van der Waals surface area contributed by atoms with Crippen molar-refractivity contribution in [3.8, 4) is 0 Å². The fraction of sp³-hybridized carbons (Fsp3) is 1.00. The van der Waals surface area contributed by atoms with E-state index in [4.69, 9.17) is 0 Å². The van der Waals surface area contributed by atoms with Crippen molar-refractivity contribution in [2.24, 2.45) is 17.3 Å². The molecule has 0 spiro atoms. The van der Waals surface area contributed by atoms with Crippen molar-refractivity contribution in [1.29, 1.82) is 0 Å². The molecule has 1 unspecified atom stereocenters. The van der Waals surface area contributed by atoms with Crippen LogP contribution in [0.15, 0.2) is 0 Å². The van der Waals surface area contributed by atoms with Gasteiger partial charge in [0.15, 0.2) is 0 Å². The van der Waals surface area contributed by atoms with Gasteiger partial charge in [-0.15, -0.1) is 0 Å². The third kappa shape index (κ3) is 4.52. The lowest BCUT2D eigenvalue weighted by Crippen LogP contribution is -2.43. The molecule has 1 aliphatic heterocycles. The quantitative estimate of drug-likeness (QED) is 0.730. The Hall–Kier alpha value is -0.0800. The molecule has 0 radical (unpaired) electrons. The summed E-state index contributed by atoms with van der Waals surface area (Å²) in [6.45, 7) is 14.0. The first kappa shape index (κ1) is 13.0. The lowest BCUT2D eigenvalue weighted by molar-refractivity contribution is 0.165. The van der Waals surface area contributed by atoms with Crippen molar-refractivity contribution in [1.82, 2.24) is 10.6 Å². The molecule has 1 aliphatic rings. The second-order valence-electron chi connectivity index (χ2n) is 6.06. The van der Waals surface area contributed by atoms with Gasteiger partial charge >= 0.3 is 0 Å². The molecule has 1 saturated heterocycles. The highest BCUT2D eigenvalue weighted by atomic mass is 14.9. The van der Waals surface area contributed by atoms with E-state index in [0.29, 0.717) is 5.41 Å². The van der Waals surface area contributed by atoms with Gasteiger partial charge in [0, 0.05) is 6.54 Å². The average Bonchev–Trinajstić information content (AvgIpc) is 2.18. The van der Waals surface area contributed by atoms with Crippen molar-refractivity contribution < 1.29 is 0 Å². The molecule has 2 N–H and O–H groups in total. The van der Waals surface area contributed by atoms with Crippen LogP contribution in [0.3, 0.4) is 0 Å². The predicted molar refractivity (Wildman–Crippen MR) is 67.1 cm³/mol. The van der Waals surface area contributed by atoms with Crippen molar-refractivity contribution >= 4 is 0 Å². The fourth-order valence-electron chi connectivity index (χ4n) is 2.35. The molecule has 1 rings (SSSR count). The third-order valence-electron chi connectivity index (χ3n) is 3.54. The zero-order valence-corrected chi connectivity index (χ0v) is 10.9. The summed E-state index contributed by atoms with van der Waals surface area (Å²) in [7, 11) is 0. The Bertz CT molecular complexity index is 169. The second-order valence-corrected chi connectivity index (χ2v) is 6.06. The summed E-state index contributed by atoms with van der Waals surface area (Å²) in [5.41, 5.74) is 0.433. The molecular weight excluding hydrogens is 184 g/mol. The maximum absolute atomic E-state index is 3.59. The zero-order valence-electron chi connectivity index (χ0n) is 10.9. The van der Waals surface area contributed by atoms with Gasteiger partial charge < -0.3 is 10.6 Å². The first-order chi connectivity index (χ1) is 7.02. The van der Waals surface area contributed by atoms with E-state index in [1.165, 1.54) is 25.9 Å². The van der Waals surface area contributed by atoms with E-state index in [-0.39, 0.29) is 0 Å². The van der Waals surface area contributed by atoms with Crippen LogP contribution in [0.5, 0.6) is 0 Å². The lowest BCUT2D eigenvalue weighted by Gasteiger charge is -2.37. The summed E-state index contributed by atoms with van der Waals surface area (Å²) in [5, 5.41) is 7.11. The standard InChI is InChI=1S/C13H28N2/c1-11(2)8-15-10-13(3,4)12-6-5-7-14-9-12/h11-12,14-15H,5-10H2,1-4H3. The Morgan fingerprint density at radius 2 is 2.13 bits per heavy atom. The minimum absolute atomic E-state index is 0.433. The van der Waals surface area contributed by atoms with Crippen LogP contribution in [0, 0.1) is 17.3 Å². The largest absolute Gasteiger partial charge is 0.316 e. The molecule has 1 heterocycles. The van der Waals surface area contributed by atoms with Crippen LogP contribution in [-0.2, 0) is 0 Å². The Labute approximate surface area is 95.2 Å². The van der Waals surface area contributed by atoms with Gasteiger partial charge in [-0.1, -0.05) is 27.7 Å². The maximum Gasteiger partial charge on any atom is 0.000576 e. The first-order valence-electron chi connectivity index (χ1n) is 6.44. The molecule has 2 heteroatoms. The number of piperidine rings is 1. The van der Waals surface area contributed by atoms with Crippen LogP contribution in [0.2, 0.25) is 0 Å². The predicted octanol–water partition coefficient (Wildman–Crippen LogP) is 2.26. The summed E-state index contributed by atoms with van der Waals surface area (Å²) in [6, 6.07) is 0. The Balaban J connectivity index is 2.29. The van der Waals surface area contributed by atoms with E-state index in [1.807, 2.05) is 0 Å². The summed E-state index contributed by atoms with van der Waals surface area (Å²) in [5.74, 6) is 1.59. The van der Waals surface area contributed by atoms with Crippen LogP contribution in [0.1, 0.15) is 40.5 Å².